The molecule has 226 valence electrons. The number of piperidine rings is 1. The number of amidine groups is 1. The number of esters is 1. The fourth-order valence-corrected chi connectivity index (χ4v) is 5.54. The molecule has 1 saturated heterocycles. The first kappa shape index (κ1) is 31.5. The van der Waals surface area contributed by atoms with Crippen molar-refractivity contribution in [2.75, 3.05) is 13.1 Å². The zero-order valence-corrected chi connectivity index (χ0v) is 25.1. The third-order valence-electron chi connectivity index (χ3n) is 8.35. The van der Waals surface area contributed by atoms with E-state index in [1.165, 1.54) is 0 Å². The Morgan fingerprint density at radius 2 is 1.47 bits per heavy atom. The molecule has 1 fully saturated rings. The quantitative estimate of drug-likeness (QED) is 0.156. The lowest BCUT2D eigenvalue weighted by Gasteiger charge is -2.40. The lowest BCUT2D eigenvalue weighted by atomic mass is 9.79. The lowest BCUT2D eigenvalue weighted by Crippen LogP contribution is -2.55. The number of benzene rings is 3. The van der Waals surface area contributed by atoms with E-state index >= 15 is 0 Å². The van der Waals surface area contributed by atoms with Crippen LogP contribution in [0.15, 0.2) is 84.9 Å². The molecule has 4 rings (SSSR count). The summed E-state index contributed by atoms with van der Waals surface area (Å²) in [5.41, 5.74) is 7.77. The van der Waals surface area contributed by atoms with Gasteiger partial charge < -0.3 is 20.7 Å². The van der Waals surface area contributed by atoms with Gasteiger partial charge in [0.2, 0.25) is 5.91 Å². The summed E-state index contributed by atoms with van der Waals surface area (Å²) in [6, 6.07) is 25.8. The van der Waals surface area contributed by atoms with Gasteiger partial charge in [-0.3, -0.25) is 19.8 Å². The second-order valence-electron chi connectivity index (χ2n) is 11.8. The van der Waals surface area contributed by atoms with E-state index in [-0.39, 0.29) is 36.1 Å². The molecule has 1 unspecified atom stereocenters. The molecule has 0 spiro atoms. The molecule has 0 bridgehead atoms. The third-order valence-corrected chi connectivity index (χ3v) is 8.35. The molecular formula is C35H42N4O4. The predicted molar refractivity (Wildman–Crippen MR) is 167 cm³/mol. The minimum atomic E-state index is -0.870. The highest BCUT2D eigenvalue weighted by atomic mass is 16.5. The summed E-state index contributed by atoms with van der Waals surface area (Å²) in [6.07, 6.45) is 3.09. The number of nitrogens with two attached hydrogens (primary N) is 1. The van der Waals surface area contributed by atoms with Crippen LogP contribution in [-0.4, -0.2) is 47.7 Å². The van der Waals surface area contributed by atoms with Crippen molar-refractivity contribution in [1.82, 2.24) is 10.2 Å². The van der Waals surface area contributed by atoms with Gasteiger partial charge in [0.05, 0.1) is 5.41 Å². The second kappa shape index (κ2) is 14.6. The van der Waals surface area contributed by atoms with Gasteiger partial charge in [-0.25, -0.2) is 0 Å². The van der Waals surface area contributed by atoms with Crippen LogP contribution in [0.2, 0.25) is 0 Å². The Hall–Kier alpha value is -4.46. The van der Waals surface area contributed by atoms with E-state index in [9.17, 15) is 14.4 Å². The number of aryl methyl sites for hydroxylation is 1. The normalized spacial score (nSPS) is 14.5. The molecule has 0 aromatic heterocycles. The van der Waals surface area contributed by atoms with Gasteiger partial charge in [0.15, 0.2) is 0 Å². The van der Waals surface area contributed by atoms with Crippen molar-refractivity contribution in [3.8, 4) is 0 Å². The number of carbonyl (C=O) groups is 3. The molecule has 1 heterocycles. The van der Waals surface area contributed by atoms with Gasteiger partial charge in [0, 0.05) is 36.7 Å². The van der Waals surface area contributed by atoms with Crippen LogP contribution in [0.3, 0.4) is 0 Å². The van der Waals surface area contributed by atoms with Crippen molar-refractivity contribution >= 4 is 23.6 Å². The number of likely N-dealkylation sites (tertiary alicyclic amines) is 1. The first-order valence-corrected chi connectivity index (χ1v) is 14.9. The summed E-state index contributed by atoms with van der Waals surface area (Å²) in [7, 11) is 0. The number of carbonyl (C=O) groups excluding carboxylic acids is 3. The zero-order chi connectivity index (χ0) is 30.8. The molecule has 8 nitrogen and oxygen atoms in total. The van der Waals surface area contributed by atoms with Crippen molar-refractivity contribution < 1.29 is 19.1 Å². The fourth-order valence-electron chi connectivity index (χ4n) is 5.54. The molecule has 0 radical (unpaired) electrons. The fraction of sp³-hybridized carbons (Fsp3) is 0.371. The summed E-state index contributed by atoms with van der Waals surface area (Å²) in [5, 5.41) is 10.7. The number of rotatable bonds is 12. The minimum Gasteiger partial charge on any atom is -0.461 e. The van der Waals surface area contributed by atoms with E-state index in [2.05, 4.69) is 5.32 Å². The Bertz CT molecular complexity index is 1380. The van der Waals surface area contributed by atoms with Gasteiger partial charge in [-0.1, -0.05) is 72.8 Å². The van der Waals surface area contributed by atoms with Crippen LogP contribution in [0.4, 0.5) is 0 Å². The van der Waals surface area contributed by atoms with Gasteiger partial charge in [-0.05, 0) is 68.7 Å². The molecule has 43 heavy (non-hydrogen) atoms. The molecule has 8 heteroatoms. The SMILES string of the molecule is CC(C)(C(=O)N1CCC(CC(=O)OCc2ccccc2)CC1)C(CCc1ccccc1)NC(=O)c1ccc(C(=N)N)cc1. The highest BCUT2D eigenvalue weighted by Crippen LogP contribution is 2.31. The maximum absolute atomic E-state index is 13.9. The summed E-state index contributed by atoms with van der Waals surface area (Å²) < 4.78 is 5.47. The topological polar surface area (TPSA) is 126 Å². The van der Waals surface area contributed by atoms with Crippen LogP contribution in [0, 0.1) is 16.7 Å². The molecule has 0 aliphatic carbocycles. The zero-order valence-electron chi connectivity index (χ0n) is 25.1. The van der Waals surface area contributed by atoms with Gasteiger partial charge in [-0.2, -0.15) is 0 Å². The van der Waals surface area contributed by atoms with E-state index < -0.39 is 11.5 Å². The van der Waals surface area contributed by atoms with Crippen molar-refractivity contribution in [3.63, 3.8) is 0 Å². The average Bonchev–Trinajstić information content (AvgIpc) is 3.03. The highest BCUT2D eigenvalue weighted by Gasteiger charge is 2.41. The van der Waals surface area contributed by atoms with E-state index in [4.69, 9.17) is 15.9 Å². The van der Waals surface area contributed by atoms with Gasteiger partial charge in [-0.15, -0.1) is 0 Å². The van der Waals surface area contributed by atoms with Crippen LogP contribution in [0.25, 0.3) is 0 Å². The molecule has 2 amide bonds. The number of nitrogens with one attached hydrogen (secondary N) is 2. The Kier molecular flexibility index (Phi) is 10.7. The number of hydrogen-bond donors (Lipinski definition) is 3. The molecule has 4 N–H and O–H groups in total. The second-order valence-corrected chi connectivity index (χ2v) is 11.8. The van der Waals surface area contributed by atoms with Crippen molar-refractivity contribution in [2.24, 2.45) is 17.1 Å². The maximum Gasteiger partial charge on any atom is 0.306 e. The maximum atomic E-state index is 13.9. The smallest absolute Gasteiger partial charge is 0.306 e. The highest BCUT2D eigenvalue weighted by molar-refractivity contribution is 5.98. The summed E-state index contributed by atoms with van der Waals surface area (Å²) in [5.74, 6) is -0.395. The monoisotopic (exact) mass is 582 g/mol. The Morgan fingerprint density at radius 3 is 2.05 bits per heavy atom. The van der Waals surface area contributed by atoms with Crippen molar-refractivity contribution in [1.29, 1.82) is 5.41 Å². The van der Waals surface area contributed by atoms with E-state index in [1.807, 2.05) is 79.4 Å². The van der Waals surface area contributed by atoms with Crippen LogP contribution >= 0.6 is 0 Å². The van der Waals surface area contributed by atoms with E-state index in [1.54, 1.807) is 24.3 Å². The molecule has 3 aromatic carbocycles. The number of amides is 2. The van der Waals surface area contributed by atoms with Gasteiger partial charge in [0.25, 0.3) is 5.91 Å². The molecule has 1 aliphatic rings. The average molecular weight is 583 g/mol. The Labute approximate surface area is 254 Å². The number of hydrogen-bond acceptors (Lipinski definition) is 5. The molecular weight excluding hydrogens is 540 g/mol. The number of nitrogen functional groups attached to an aromatic ring is 1. The first-order valence-electron chi connectivity index (χ1n) is 14.9. The summed E-state index contributed by atoms with van der Waals surface area (Å²) >= 11 is 0. The van der Waals surface area contributed by atoms with Crippen LogP contribution in [-0.2, 0) is 27.4 Å². The Balaban J connectivity index is 1.37. The van der Waals surface area contributed by atoms with E-state index in [0.717, 1.165) is 24.0 Å². The number of ether oxygens (including phenoxy) is 1. The summed E-state index contributed by atoms with van der Waals surface area (Å²) in [6.45, 7) is 5.19. The van der Waals surface area contributed by atoms with Crippen LogP contribution < -0.4 is 11.1 Å². The summed E-state index contributed by atoms with van der Waals surface area (Å²) in [4.78, 5) is 41.6. The lowest BCUT2D eigenvalue weighted by molar-refractivity contribution is -0.147. The van der Waals surface area contributed by atoms with Crippen molar-refractivity contribution in [3.05, 3.63) is 107 Å². The van der Waals surface area contributed by atoms with Crippen molar-refractivity contribution in [2.45, 2.75) is 58.6 Å². The van der Waals surface area contributed by atoms with Crippen LogP contribution in [0.1, 0.15) is 66.6 Å². The molecule has 3 aromatic rings. The molecule has 0 saturated carbocycles. The van der Waals surface area contributed by atoms with Gasteiger partial charge in [0.1, 0.15) is 12.4 Å². The largest absolute Gasteiger partial charge is 0.461 e. The molecule has 1 aliphatic heterocycles. The number of nitrogens with zero attached hydrogens (tertiary/aromatic N) is 1. The third kappa shape index (κ3) is 8.77. The Morgan fingerprint density at radius 1 is 0.907 bits per heavy atom. The minimum absolute atomic E-state index is 0.0112. The van der Waals surface area contributed by atoms with E-state index in [0.29, 0.717) is 43.5 Å². The molecule has 1 atom stereocenters. The standard InChI is InChI=1S/C35H42N4O4/c1-35(2,34(42)39-21-19-26(20-22-39)23-31(40)43-24-27-11-7-4-8-12-27)30(18-13-25-9-5-3-6-10-25)38-33(41)29-16-14-28(15-17-29)32(36)37/h3-12,14-17,26,30H,13,18-24H2,1-2H3,(H3,36,37)(H,38,41). The van der Waals surface area contributed by atoms with Crippen LogP contribution in [0.5, 0.6) is 0 Å². The first-order chi connectivity index (χ1) is 20.6. The van der Waals surface area contributed by atoms with Gasteiger partial charge >= 0.3 is 5.97 Å². The predicted octanol–water partition coefficient (Wildman–Crippen LogP) is 5.10.